The zero-order chi connectivity index (χ0) is 17.0. The van der Waals surface area contributed by atoms with Crippen molar-refractivity contribution in [3.63, 3.8) is 0 Å². The first kappa shape index (κ1) is 22.1. The van der Waals surface area contributed by atoms with Gasteiger partial charge in [0, 0.05) is 39.8 Å². The third kappa shape index (κ3) is 8.35. The molecule has 142 valence electrons. The largest absolute Gasteiger partial charge is 0.379 e. The van der Waals surface area contributed by atoms with Crippen molar-refractivity contribution in [2.75, 3.05) is 59.6 Å². The van der Waals surface area contributed by atoms with Gasteiger partial charge in [-0.3, -0.25) is 9.89 Å². The van der Waals surface area contributed by atoms with Crippen LogP contribution in [0.1, 0.15) is 18.6 Å². The van der Waals surface area contributed by atoms with Gasteiger partial charge in [-0.25, -0.2) is 0 Å². The Labute approximate surface area is 168 Å². The Kier molecular flexibility index (Phi) is 11.8. The molecule has 1 fully saturated rings. The van der Waals surface area contributed by atoms with Crippen molar-refractivity contribution < 1.29 is 9.47 Å². The molecule has 0 aliphatic carbocycles. The van der Waals surface area contributed by atoms with E-state index >= 15 is 0 Å². The normalized spacial score (nSPS) is 16.8. The van der Waals surface area contributed by atoms with E-state index in [2.05, 4.69) is 39.6 Å². The molecule has 6 nitrogen and oxygen atoms in total. The molecule has 0 spiro atoms. The van der Waals surface area contributed by atoms with E-state index in [0.29, 0.717) is 6.54 Å². The molecule has 0 amide bonds. The summed E-state index contributed by atoms with van der Waals surface area (Å²) in [6.45, 7) is 9.06. The maximum Gasteiger partial charge on any atom is 0.191 e. The number of ether oxygens (including phenoxy) is 2. The highest BCUT2D eigenvalue weighted by molar-refractivity contribution is 14.0. The maximum absolute atomic E-state index is 5.58. The van der Waals surface area contributed by atoms with Crippen LogP contribution in [-0.4, -0.2) is 70.5 Å². The number of guanidine groups is 1. The van der Waals surface area contributed by atoms with E-state index in [4.69, 9.17) is 9.47 Å². The van der Waals surface area contributed by atoms with Gasteiger partial charge in [-0.1, -0.05) is 30.3 Å². The SMILES string of the molecule is CCNC(=NCC(OC)c1ccccc1)NCCN1CCOCC1.I. The van der Waals surface area contributed by atoms with E-state index in [1.165, 1.54) is 0 Å². The molecule has 1 aliphatic heterocycles. The predicted molar refractivity (Wildman–Crippen MR) is 113 cm³/mol. The average molecular weight is 462 g/mol. The van der Waals surface area contributed by atoms with Crippen LogP contribution in [0.5, 0.6) is 0 Å². The van der Waals surface area contributed by atoms with Crippen molar-refractivity contribution >= 4 is 29.9 Å². The summed E-state index contributed by atoms with van der Waals surface area (Å²) in [4.78, 5) is 7.07. The van der Waals surface area contributed by atoms with Gasteiger partial charge >= 0.3 is 0 Å². The number of methoxy groups -OCH3 is 1. The smallest absolute Gasteiger partial charge is 0.191 e. The van der Waals surface area contributed by atoms with E-state index in [1.807, 2.05) is 18.2 Å². The minimum Gasteiger partial charge on any atom is -0.379 e. The van der Waals surface area contributed by atoms with Crippen molar-refractivity contribution in [1.82, 2.24) is 15.5 Å². The molecular formula is C18H31IN4O2. The van der Waals surface area contributed by atoms with Crippen LogP contribution in [-0.2, 0) is 9.47 Å². The predicted octanol–water partition coefficient (Wildman–Crippen LogP) is 1.88. The van der Waals surface area contributed by atoms with Crippen molar-refractivity contribution in [2.24, 2.45) is 4.99 Å². The molecule has 0 saturated carbocycles. The van der Waals surface area contributed by atoms with Gasteiger partial charge in [0.15, 0.2) is 5.96 Å². The summed E-state index contributed by atoms with van der Waals surface area (Å²) < 4.78 is 11.0. The van der Waals surface area contributed by atoms with Gasteiger partial charge in [-0.05, 0) is 12.5 Å². The lowest BCUT2D eigenvalue weighted by Crippen LogP contribution is -2.44. The van der Waals surface area contributed by atoms with Crippen molar-refractivity contribution in [3.05, 3.63) is 35.9 Å². The number of benzene rings is 1. The fraction of sp³-hybridized carbons (Fsp3) is 0.611. The molecule has 1 unspecified atom stereocenters. The Bertz CT molecular complexity index is 481. The van der Waals surface area contributed by atoms with Crippen molar-refractivity contribution in [3.8, 4) is 0 Å². The third-order valence-electron chi connectivity index (χ3n) is 4.04. The molecule has 1 heterocycles. The minimum atomic E-state index is -0.0269. The molecular weight excluding hydrogens is 431 g/mol. The van der Waals surface area contributed by atoms with Crippen LogP contribution in [0.3, 0.4) is 0 Å². The molecule has 1 atom stereocenters. The molecule has 1 aromatic carbocycles. The number of hydrogen-bond acceptors (Lipinski definition) is 4. The summed E-state index contributed by atoms with van der Waals surface area (Å²) in [7, 11) is 1.73. The maximum atomic E-state index is 5.58. The highest BCUT2D eigenvalue weighted by atomic mass is 127. The molecule has 0 aromatic heterocycles. The molecule has 25 heavy (non-hydrogen) atoms. The fourth-order valence-electron chi connectivity index (χ4n) is 2.66. The molecule has 1 aliphatic rings. The highest BCUT2D eigenvalue weighted by Crippen LogP contribution is 2.16. The lowest BCUT2D eigenvalue weighted by molar-refractivity contribution is 0.0389. The highest BCUT2D eigenvalue weighted by Gasteiger charge is 2.11. The first-order valence-electron chi connectivity index (χ1n) is 8.73. The zero-order valence-electron chi connectivity index (χ0n) is 15.2. The molecule has 0 radical (unpaired) electrons. The Morgan fingerprint density at radius 3 is 2.60 bits per heavy atom. The van der Waals surface area contributed by atoms with E-state index in [0.717, 1.165) is 57.5 Å². The zero-order valence-corrected chi connectivity index (χ0v) is 17.6. The summed E-state index contributed by atoms with van der Waals surface area (Å²) in [5.41, 5.74) is 1.15. The molecule has 1 aromatic rings. The van der Waals surface area contributed by atoms with Crippen molar-refractivity contribution in [1.29, 1.82) is 0 Å². The number of nitrogens with one attached hydrogen (secondary N) is 2. The van der Waals surface area contributed by atoms with Crippen LogP contribution in [0.25, 0.3) is 0 Å². The van der Waals surface area contributed by atoms with Crippen LogP contribution in [0, 0.1) is 0 Å². The second kappa shape index (κ2) is 13.3. The number of morpholine rings is 1. The van der Waals surface area contributed by atoms with E-state index in [1.54, 1.807) is 7.11 Å². The second-order valence-corrected chi connectivity index (χ2v) is 5.74. The van der Waals surface area contributed by atoms with Gasteiger partial charge in [0.05, 0.1) is 19.8 Å². The molecule has 7 heteroatoms. The second-order valence-electron chi connectivity index (χ2n) is 5.74. The summed E-state index contributed by atoms with van der Waals surface area (Å²) in [6.07, 6.45) is -0.0269. The minimum absolute atomic E-state index is 0. The fourth-order valence-corrected chi connectivity index (χ4v) is 2.66. The topological polar surface area (TPSA) is 58.1 Å². The molecule has 2 rings (SSSR count). The summed E-state index contributed by atoms with van der Waals surface area (Å²) in [5.74, 6) is 0.837. The number of hydrogen-bond donors (Lipinski definition) is 2. The number of rotatable bonds is 8. The number of halogens is 1. The quantitative estimate of drug-likeness (QED) is 0.351. The number of aliphatic imine (C=N–C) groups is 1. The van der Waals surface area contributed by atoms with Gasteiger partial charge < -0.3 is 20.1 Å². The van der Waals surface area contributed by atoms with Crippen molar-refractivity contribution in [2.45, 2.75) is 13.0 Å². The first-order valence-corrected chi connectivity index (χ1v) is 8.73. The lowest BCUT2D eigenvalue weighted by Gasteiger charge is -2.26. The standard InChI is InChI=1S/C18H30N4O2.HI/c1-3-19-18(20-9-10-22-11-13-24-14-12-22)21-15-17(23-2)16-7-5-4-6-8-16;/h4-8,17H,3,9-15H2,1-2H3,(H2,19,20,21);1H. The lowest BCUT2D eigenvalue weighted by atomic mass is 10.1. The van der Waals surface area contributed by atoms with E-state index in [9.17, 15) is 0 Å². The summed E-state index contributed by atoms with van der Waals surface area (Å²) in [6, 6.07) is 10.2. The van der Waals surface area contributed by atoms with Crippen LogP contribution in [0.2, 0.25) is 0 Å². The van der Waals surface area contributed by atoms with E-state index in [-0.39, 0.29) is 30.1 Å². The van der Waals surface area contributed by atoms with Crippen LogP contribution in [0.4, 0.5) is 0 Å². The van der Waals surface area contributed by atoms with Gasteiger partial charge in [0.25, 0.3) is 0 Å². The van der Waals surface area contributed by atoms with Crippen LogP contribution >= 0.6 is 24.0 Å². The Balaban J connectivity index is 0.00000312. The van der Waals surface area contributed by atoms with E-state index < -0.39 is 0 Å². The molecule has 1 saturated heterocycles. The molecule has 0 bridgehead atoms. The van der Waals surface area contributed by atoms with Gasteiger partial charge in [-0.2, -0.15) is 0 Å². The summed E-state index contributed by atoms with van der Waals surface area (Å²) in [5, 5.41) is 6.69. The van der Waals surface area contributed by atoms with Crippen LogP contribution in [0.15, 0.2) is 35.3 Å². The third-order valence-corrected chi connectivity index (χ3v) is 4.04. The van der Waals surface area contributed by atoms with Gasteiger partial charge in [-0.15, -0.1) is 24.0 Å². The molecule has 2 N–H and O–H groups in total. The monoisotopic (exact) mass is 462 g/mol. The summed E-state index contributed by atoms with van der Waals surface area (Å²) >= 11 is 0. The van der Waals surface area contributed by atoms with Gasteiger partial charge in [0.2, 0.25) is 0 Å². The van der Waals surface area contributed by atoms with Gasteiger partial charge in [0.1, 0.15) is 6.10 Å². The van der Waals surface area contributed by atoms with Crippen LogP contribution < -0.4 is 10.6 Å². The Morgan fingerprint density at radius 2 is 1.96 bits per heavy atom. The average Bonchev–Trinajstić information content (AvgIpc) is 2.64. The Hall–Kier alpha value is -0.900. The number of nitrogens with zero attached hydrogens (tertiary/aromatic N) is 2. The Morgan fingerprint density at radius 1 is 1.24 bits per heavy atom. The first-order chi connectivity index (χ1) is 11.8.